The molecule has 1 heteroatoms. The average Bonchev–Trinajstić information content (AvgIpc) is 3.45. The first-order valence-electron chi connectivity index (χ1n) is 19.9. The molecule has 0 amide bonds. The van der Waals surface area contributed by atoms with Gasteiger partial charge in [-0.15, -0.1) is 0 Å². The Balaban J connectivity index is 1.14. The predicted molar refractivity (Wildman–Crippen MR) is 230 cm³/mol. The molecule has 0 unspecified atom stereocenters. The van der Waals surface area contributed by atoms with Gasteiger partial charge in [-0.3, -0.25) is 0 Å². The Morgan fingerprint density at radius 2 is 0.981 bits per heavy atom. The Labute approximate surface area is 322 Å². The summed E-state index contributed by atoms with van der Waals surface area (Å²) >= 11 is 0. The molecular weight excluding hydrogens is 651 g/mol. The lowest BCUT2D eigenvalue weighted by molar-refractivity contribution is 0.443. The molecule has 0 heterocycles. The Morgan fingerprint density at radius 1 is 0.444 bits per heavy atom. The van der Waals surface area contributed by atoms with Crippen LogP contribution in [0.1, 0.15) is 79.7 Å². The maximum atomic E-state index is 2.49. The summed E-state index contributed by atoms with van der Waals surface area (Å²) in [5.41, 5.74) is 20.5. The predicted octanol–water partition coefficient (Wildman–Crippen LogP) is 15.1. The summed E-state index contributed by atoms with van der Waals surface area (Å²) in [6, 6.07) is 59.0. The Morgan fingerprint density at radius 3 is 1.65 bits per heavy atom. The molecule has 2 aliphatic carbocycles. The number of hydrogen-bond acceptors (Lipinski definition) is 1. The van der Waals surface area contributed by atoms with E-state index in [1.165, 1.54) is 116 Å². The fraction of sp³-hybridized carbons (Fsp3) is 0.208. The molecule has 0 saturated heterocycles. The minimum absolute atomic E-state index is 0.0870. The average molecular weight is 700 g/mol. The zero-order chi connectivity index (χ0) is 36.8. The summed E-state index contributed by atoms with van der Waals surface area (Å²) < 4.78 is 0. The first-order chi connectivity index (χ1) is 26.4. The van der Waals surface area contributed by atoms with Crippen LogP contribution < -0.4 is 4.90 Å². The highest BCUT2D eigenvalue weighted by molar-refractivity contribution is 5.89. The van der Waals surface area contributed by atoms with Crippen LogP contribution in [0.4, 0.5) is 17.1 Å². The van der Waals surface area contributed by atoms with E-state index in [1.54, 1.807) is 0 Å². The zero-order valence-electron chi connectivity index (χ0n) is 32.1. The van der Waals surface area contributed by atoms with Gasteiger partial charge in [-0.1, -0.05) is 154 Å². The molecule has 7 aromatic carbocycles. The highest BCUT2D eigenvalue weighted by Crippen LogP contribution is 2.51. The van der Waals surface area contributed by atoms with Gasteiger partial charge in [0.1, 0.15) is 0 Å². The highest BCUT2D eigenvalue weighted by atomic mass is 15.1. The van der Waals surface area contributed by atoms with Crippen molar-refractivity contribution in [1.29, 1.82) is 0 Å². The monoisotopic (exact) mass is 699 g/mol. The van der Waals surface area contributed by atoms with Crippen LogP contribution in [-0.4, -0.2) is 0 Å². The Bertz CT molecular complexity index is 2420. The van der Waals surface area contributed by atoms with Crippen LogP contribution in [0.5, 0.6) is 0 Å². The van der Waals surface area contributed by atoms with Gasteiger partial charge < -0.3 is 4.90 Å². The van der Waals surface area contributed by atoms with Crippen molar-refractivity contribution >= 4 is 17.1 Å². The minimum atomic E-state index is -0.0870. The number of aryl methyl sites for hydroxylation is 2. The van der Waals surface area contributed by atoms with Crippen LogP contribution >= 0.6 is 0 Å². The van der Waals surface area contributed by atoms with E-state index >= 15 is 0 Å². The fourth-order valence-electron chi connectivity index (χ4n) is 9.49. The number of nitrogens with zero attached hydrogens (tertiary/aromatic N) is 1. The molecule has 0 bridgehead atoms. The third kappa shape index (κ3) is 6.06. The largest absolute Gasteiger partial charge is 0.310 e. The van der Waals surface area contributed by atoms with E-state index in [9.17, 15) is 0 Å². The van der Waals surface area contributed by atoms with Crippen LogP contribution in [0.3, 0.4) is 0 Å². The number of fused-ring (bicyclic) bond motifs is 3. The van der Waals surface area contributed by atoms with Gasteiger partial charge in [-0.25, -0.2) is 0 Å². The first kappa shape index (κ1) is 34.1. The first-order valence-corrected chi connectivity index (χ1v) is 19.9. The smallest absolute Gasteiger partial charge is 0.0520 e. The van der Waals surface area contributed by atoms with E-state index in [0.29, 0.717) is 0 Å². The van der Waals surface area contributed by atoms with E-state index in [0.717, 1.165) is 11.6 Å². The number of rotatable bonds is 7. The third-order valence-electron chi connectivity index (χ3n) is 12.3. The maximum Gasteiger partial charge on any atom is 0.0520 e. The van der Waals surface area contributed by atoms with Crippen LogP contribution in [0.25, 0.3) is 44.5 Å². The van der Waals surface area contributed by atoms with Crippen molar-refractivity contribution in [3.8, 4) is 44.5 Å². The summed E-state index contributed by atoms with van der Waals surface area (Å²) in [6.07, 6.45) is 6.77. The molecule has 1 fully saturated rings. The van der Waals surface area contributed by atoms with Crippen LogP contribution in [-0.2, 0) is 5.41 Å². The van der Waals surface area contributed by atoms with Crippen molar-refractivity contribution in [3.05, 3.63) is 186 Å². The molecule has 1 nitrogen and oxygen atoms in total. The van der Waals surface area contributed by atoms with E-state index in [1.807, 2.05) is 0 Å². The number of hydrogen-bond donors (Lipinski definition) is 0. The molecule has 0 spiro atoms. The quantitative estimate of drug-likeness (QED) is 0.160. The molecule has 2 aliphatic rings. The van der Waals surface area contributed by atoms with E-state index in [4.69, 9.17) is 0 Å². The molecular formula is C53H49N. The molecule has 266 valence electrons. The molecule has 0 N–H and O–H groups in total. The molecule has 7 aromatic rings. The summed E-state index contributed by atoms with van der Waals surface area (Å²) in [6.45, 7) is 9.31. The van der Waals surface area contributed by atoms with Crippen molar-refractivity contribution in [3.63, 3.8) is 0 Å². The normalized spacial score (nSPS) is 14.7. The van der Waals surface area contributed by atoms with E-state index in [-0.39, 0.29) is 5.41 Å². The lowest BCUT2D eigenvalue weighted by Crippen LogP contribution is -2.17. The molecule has 0 aromatic heterocycles. The summed E-state index contributed by atoms with van der Waals surface area (Å²) in [7, 11) is 0. The van der Waals surface area contributed by atoms with Crippen molar-refractivity contribution in [2.24, 2.45) is 0 Å². The van der Waals surface area contributed by atoms with Gasteiger partial charge >= 0.3 is 0 Å². The maximum absolute atomic E-state index is 2.49. The van der Waals surface area contributed by atoms with Crippen molar-refractivity contribution in [2.45, 2.75) is 71.1 Å². The van der Waals surface area contributed by atoms with Crippen molar-refractivity contribution < 1.29 is 0 Å². The van der Waals surface area contributed by atoms with Gasteiger partial charge in [0.25, 0.3) is 0 Å². The van der Waals surface area contributed by atoms with Crippen LogP contribution in [0.2, 0.25) is 0 Å². The fourth-order valence-corrected chi connectivity index (χ4v) is 9.49. The molecule has 0 radical (unpaired) electrons. The molecule has 0 aliphatic heterocycles. The van der Waals surface area contributed by atoms with Gasteiger partial charge in [-0.2, -0.15) is 0 Å². The van der Waals surface area contributed by atoms with Gasteiger partial charge in [0, 0.05) is 16.8 Å². The van der Waals surface area contributed by atoms with E-state index in [2.05, 4.69) is 190 Å². The second-order valence-electron chi connectivity index (χ2n) is 16.1. The Kier molecular flexibility index (Phi) is 8.82. The van der Waals surface area contributed by atoms with Crippen LogP contribution in [0.15, 0.2) is 158 Å². The van der Waals surface area contributed by atoms with Gasteiger partial charge in [-0.05, 0) is 141 Å². The lowest BCUT2D eigenvalue weighted by Gasteiger charge is -2.31. The second kappa shape index (κ2) is 14.0. The van der Waals surface area contributed by atoms with Gasteiger partial charge in [0.15, 0.2) is 0 Å². The molecule has 9 rings (SSSR count). The Hall–Kier alpha value is -5.66. The molecule has 54 heavy (non-hydrogen) atoms. The highest BCUT2D eigenvalue weighted by Gasteiger charge is 2.36. The van der Waals surface area contributed by atoms with E-state index < -0.39 is 0 Å². The van der Waals surface area contributed by atoms with Crippen molar-refractivity contribution in [1.82, 2.24) is 0 Å². The van der Waals surface area contributed by atoms with Crippen LogP contribution in [0, 0.1) is 13.8 Å². The second-order valence-corrected chi connectivity index (χ2v) is 16.1. The number of benzene rings is 7. The van der Waals surface area contributed by atoms with Crippen molar-refractivity contribution in [2.75, 3.05) is 4.90 Å². The summed E-state index contributed by atoms with van der Waals surface area (Å²) in [4.78, 5) is 2.49. The topological polar surface area (TPSA) is 3.24 Å². The molecule has 0 atom stereocenters. The summed E-state index contributed by atoms with van der Waals surface area (Å²) in [5.74, 6) is 0.718. The number of anilines is 3. The minimum Gasteiger partial charge on any atom is -0.310 e. The zero-order valence-corrected chi connectivity index (χ0v) is 32.1. The standard InChI is InChI=1S/C53H49N/c1-36-33-43(40-25-23-39(24-26-40)38-15-7-5-8-16-38)34-37(2)52(36)54(45-31-32-49-48-21-13-14-22-50(48)53(3,4)51(49)35-45)44-29-27-42(28-30-44)47-20-12-11-19-46(47)41-17-9-6-10-18-41/h6,9-14,17-35,38H,5,7-8,15-16H2,1-4H3. The lowest BCUT2D eigenvalue weighted by atomic mass is 9.82. The summed E-state index contributed by atoms with van der Waals surface area (Å²) in [5, 5.41) is 0. The van der Waals surface area contributed by atoms with Gasteiger partial charge in [0.2, 0.25) is 0 Å². The molecule has 1 saturated carbocycles. The van der Waals surface area contributed by atoms with Gasteiger partial charge in [0.05, 0.1) is 5.69 Å². The third-order valence-corrected chi connectivity index (χ3v) is 12.3. The SMILES string of the molecule is Cc1cc(-c2ccc(C3CCCCC3)cc2)cc(C)c1N(c1ccc(-c2ccccc2-c2ccccc2)cc1)c1ccc2c(c1)C(C)(C)c1ccccc1-2.